The number of aromatic nitrogens is 1. The van der Waals surface area contributed by atoms with Crippen LogP contribution in [0, 0.1) is 5.41 Å². The van der Waals surface area contributed by atoms with Crippen molar-refractivity contribution in [2.75, 3.05) is 12.3 Å². The van der Waals surface area contributed by atoms with Gasteiger partial charge in [-0.1, -0.05) is 13.3 Å². The number of anilines is 1. The van der Waals surface area contributed by atoms with Crippen molar-refractivity contribution in [2.24, 2.45) is 5.41 Å². The number of hydrogen-bond acceptors (Lipinski definition) is 4. The van der Waals surface area contributed by atoms with E-state index in [-0.39, 0.29) is 16.1 Å². The molecule has 3 N–H and O–H groups in total. The van der Waals surface area contributed by atoms with Gasteiger partial charge in [0.1, 0.15) is 10.7 Å². The molecule has 0 spiro atoms. The van der Waals surface area contributed by atoms with Crippen LogP contribution >= 0.6 is 15.9 Å². The second-order valence-electron chi connectivity index (χ2n) is 5.07. The van der Waals surface area contributed by atoms with Crippen molar-refractivity contribution in [3.8, 4) is 0 Å². The van der Waals surface area contributed by atoms with Gasteiger partial charge < -0.3 is 5.73 Å². The first-order chi connectivity index (χ1) is 8.88. The molecule has 0 aliphatic heterocycles. The summed E-state index contributed by atoms with van der Waals surface area (Å²) >= 11 is 3.21. The number of nitrogens with zero attached hydrogens (tertiary/aromatic N) is 1. The number of nitrogens with two attached hydrogens (primary N) is 1. The topological polar surface area (TPSA) is 85.1 Å². The SMILES string of the molecule is CCC1(CNS(=O)(=O)c2cc(Br)cnc2N)CCC1. The summed E-state index contributed by atoms with van der Waals surface area (Å²) in [6.45, 7) is 2.57. The summed E-state index contributed by atoms with van der Waals surface area (Å²) < 4.78 is 27.8. The van der Waals surface area contributed by atoms with Gasteiger partial charge in [0.2, 0.25) is 10.0 Å². The molecule has 0 unspecified atom stereocenters. The van der Waals surface area contributed by atoms with Crippen LogP contribution in [0.3, 0.4) is 0 Å². The van der Waals surface area contributed by atoms with Crippen molar-refractivity contribution in [1.82, 2.24) is 9.71 Å². The van der Waals surface area contributed by atoms with Crippen molar-refractivity contribution >= 4 is 31.8 Å². The minimum atomic E-state index is -3.60. The van der Waals surface area contributed by atoms with E-state index in [1.165, 1.54) is 18.7 Å². The maximum absolute atomic E-state index is 12.3. The number of rotatable bonds is 5. The summed E-state index contributed by atoms with van der Waals surface area (Å²) in [5.41, 5.74) is 5.77. The highest BCUT2D eigenvalue weighted by molar-refractivity contribution is 9.10. The molecule has 106 valence electrons. The van der Waals surface area contributed by atoms with Gasteiger partial charge in [0, 0.05) is 17.2 Å². The molecular formula is C12H18BrN3O2S. The largest absolute Gasteiger partial charge is 0.383 e. The van der Waals surface area contributed by atoms with Gasteiger partial charge in [0.15, 0.2) is 0 Å². The standard InChI is InChI=1S/C12H18BrN3O2S/c1-2-12(4-3-5-12)8-16-19(17,18)10-6-9(13)7-15-11(10)14/h6-7,16H,2-5,8H2,1H3,(H2,14,15). The summed E-state index contributed by atoms with van der Waals surface area (Å²) in [7, 11) is -3.60. The first kappa shape index (κ1) is 14.7. The van der Waals surface area contributed by atoms with Crippen LogP contribution in [-0.4, -0.2) is 19.9 Å². The Hall–Kier alpha value is -0.660. The van der Waals surface area contributed by atoms with Crippen LogP contribution in [0.4, 0.5) is 5.82 Å². The van der Waals surface area contributed by atoms with Gasteiger partial charge in [-0.3, -0.25) is 0 Å². The monoisotopic (exact) mass is 347 g/mol. The fraction of sp³-hybridized carbons (Fsp3) is 0.583. The molecule has 1 fully saturated rings. The lowest BCUT2D eigenvalue weighted by Gasteiger charge is -2.41. The molecule has 0 aromatic carbocycles. The normalized spacial score (nSPS) is 18.0. The van der Waals surface area contributed by atoms with Gasteiger partial charge in [0.25, 0.3) is 0 Å². The molecule has 1 aliphatic carbocycles. The van der Waals surface area contributed by atoms with E-state index in [1.54, 1.807) is 0 Å². The molecule has 7 heteroatoms. The quantitative estimate of drug-likeness (QED) is 0.855. The first-order valence-electron chi connectivity index (χ1n) is 6.29. The van der Waals surface area contributed by atoms with Crippen LogP contribution in [0.2, 0.25) is 0 Å². The van der Waals surface area contributed by atoms with Gasteiger partial charge in [-0.05, 0) is 46.7 Å². The Balaban J connectivity index is 2.16. The zero-order valence-electron chi connectivity index (χ0n) is 10.8. The fourth-order valence-electron chi connectivity index (χ4n) is 2.30. The zero-order valence-corrected chi connectivity index (χ0v) is 13.2. The Morgan fingerprint density at radius 2 is 2.21 bits per heavy atom. The summed E-state index contributed by atoms with van der Waals surface area (Å²) in [6.07, 6.45) is 5.81. The highest BCUT2D eigenvalue weighted by Gasteiger charge is 2.36. The van der Waals surface area contributed by atoms with E-state index in [0.717, 1.165) is 19.3 Å². The smallest absolute Gasteiger partial charge is 0.244 e. The molecule has 5 nitrogen and oxygen atoms in total. The van der Waals surface area contributed by atoms with Gasteiger partial charge in [-0.2, -0.15) is 0 Å². The van der Waals surface area contributed by atoms with Crippen molar-refractivity contribution < 1.29 is 8.42 Å². The van der Waals surface area contributed by atoms with Crippen LogP contribution < -0.4 is 10.5 Å². The maximum Gasteiger partial charge on any atom is 0.244 e. The molecule has 1 saturated carbocycles. The third kappa shape index (κ3) is 3.09. The Morgan fingerprint density at radius 1 is 1.53 bits per heavy atom. The summed E-state index contributed by atoms with van der Waals surface area (Å²) in [5, 5.41) is 0. The summed E-state index contributed by atoms with van der Waals surface area (Å²) in [4.78, 5) is 3.89. The van der Waals surface area contributed by atoms with Crippen LogP contribution in [0.5, 0.6) is 0 Å². The molecule has 0 radical (unpaired) electrons. The second kappa shape index (κ2) is 5.38. The average Bonchev–Trinajstić information content (AvgIpc) is 2.31. The summed E-state index contributed by atoms with van der Waals surface area (Å²) in [5.74, 6) is 0.0230. The van der Waals surface area contributed by atoms with Crippen molar-refractivity contribution in [1.29, 1.82) is 0 Å². The highest BCUT2D eigenvalue weighted by atomic mass is 79.9. The number of pyridine rings is 1. The van der Waals surface area contributed by atoms with Crippen LogP contribution in [0.15, 0.2) is 21.6 Å². The highest BCUT2D eigenvalue weighted by Crippen LogP contribution is 2.43. The summed E-state index contributed by atoms with van der Waals surface area (Å²) in [6, 6.07) is 1.48. The van der Waals surface area contributed by atoms with Gasteiger partial charge in [0.05, 0.1) is 0 Å². The maximum atomic E-state index is 12.3. The first-order valence-corrected chi connectivity index (χ1v) is 8.57. The third-order valence-corrected chi connectivity index (χ3v) is 5.80. The number of nitrogens with one attached hydrogen (secondary N) is 1. The lowest BCUT2D eigenvalue weighted by molar-refractivity contribution is 0.133. The van der Waals surface area contributed by atoms with Gasteiger partial charge in [-0.25, -0.2) is 18.1 Å². The lowest BCUT2D eigenvalue weighted by Crippen LogP contribution is -2.41. The molecule has 2 rings (SSSR count). The minimum Gasteiger partial charge on any atom is -0.383 e. The Kier molecular flexibility index (Phi) is 4.17. The van der Waals surface area contributed by atoms with Crippen LogP contribution in [-0.2, 0) is 10.0 Å². The molecule has 1 aromatic rings. The van der Waals surface area contributed by atoms with E-state index in [0.29, 0.717) is 11.0 Å². The van der Waals surface area contributed by atoms with E-state index >= 15 is 0 Å². The molecule has 1 aliphatic rings. The van der Waals surface area contributed by atoms with Crippen molar-refractivity contribution in [3.05, 3.63) is 16.7 Å². The number of halogens is 1. The van der Waals surface area contributed by atoms with E-state index in [1.807, 2.05) is 0 Å². The van der Waals surface area contributed by atoms with E-state index in [2.05, 4.69) is 32.6 Å². The molecule has 0 saturated heterocycles. The number of sulfonamides is 1. The Morgan fingerprint density at radius 3 is 2.74 bits per heavy atom. The zero-order chi connectivity index (χ0) is 14.1. The minimum absolute atomic E-state index is 0.0230. The third-order valence-electron chi connectivity index (χ3n) is 3.94. The number of nitrogen functional groups attached to an aromatic ring is 1. The van der Waals surface area contributed by atoms with Crippen molar-refractivity contribution in [2.45, 2.75) is 37.5 Å². The molecule has 1 heterocycles. The fourth-order valence-corrected chi connectivity index (χ4v) is 4.05. The second-order valence-corrected chi connectivity index (χ2v) is 7.72. The predicted molar refractivity (Wildman–Crippen MR) is 78.1 cm³/mol. The molecule has 0 amide bonds. The van der Waals surface area contributed by atoms with Gasteiger partial charge >= 0.3 is 0 Å². The molecular weight excluding hydrogens is 330 g/mol. The molecule has 1 aromatic heterocycles. The van der Waals surface area contributed by atoms with E-state index in [9.17, 15) is 8.42 Å². The van der Waals surface area contributed by atoms with Crippen LogP contribution in [0.25, 0.3) is 0 Å². The number of hydrogen-bond donors (Lipinski definition) is 2. The predicted octanol–water partition coefficient (Wildman–Crippen LogP) is 2.28. The van der Waals surface area contributed by atoms with Gasteiger partial charge in [-0.15, -0.1) is 0 Å². The van der Waals surface area contributed by atoms with E-state index < -0.39 is 10.0 Å². The van der Waals surface area contributed by atoms with E-state index in [4.69, 9.17) is 5.73 Å². The Bertz CT molecular complexity index is 565. The lowest BCUT2D eigenvalue weighted by atomic mass is 9.67. The van der Waals surface area contributed by atoms with Crippen molar-refractivity contribution in [3.63, 3.8) is 0 Å². The average molecular weight is 348 g/mol. The van der Waals surface area contributed by atoms with Crippen LogP contribution in [0.1, 0.15) is 32.6 Å². The Labute approximate surface area is 122 Å². The molecule has 0 bridgehead atoms. The molecule has 0 atom stereocenters. The molecule has 19 heavy (non-hydrogen) atoms.